The number of rotatable bonds is 4. The van der Waals surface area contributed by atoms with E-state index in [1.54, 1.807) is 0 Å². The van der Waals surface area contributed by atoms with Crippen LogP contribution in [-0.4, -0.2) is 25.3 Å². The number of benzene rings is 1. The quantitative estimate of drug-likeness (QED) is 0.891. The largest absolute Gasteiger partial charge is 0.416 e. The molecule has 3 nitrogen and oxygen atoms in total. The summed E-state index contributed by atoms with van der Waals surface area (Å²) in [5, 5.41) is 3.15. The van der Waals surface area contributed by atoms with Gasteiger partial charge in [0.05, 0.1) is 17.7 Å². The van der Waals surface area contributed by atoms with Crippen molar-refractivity contribution in [2.45, 2.75) is 25.1 Å². The van der Waals surface area contributed by atoms with Gasteiger partial charge in [-0.15, -0.1) is 0 Å². The number of hydrogen-bond donors (Lipinski definition) is 2. The zero-order valence-electron chi connectivity index (χ0n) is 11.6. The van der Waals surface area contributed by atoms with Gasteiger partial charge in [-0.1, -0.05) is 11.6 Å². The molecule has 7 heteroatoms. The van der Waals surface area contributed by atoms with E-state index in [4.69, 9.17) is 22.1 Å². The fourth-order valence-electron chi connectivity index (χ4n) is 2.51. The van der Waals surface area contributed by atoms with E-state index in [0.29, 0.717) is 18.9 Å². The lowest BCUT2D eigenvalue weighted by Crippen LogP contribution is -2.49. The summed E-state index contributed by atoms with van der Waals surface area (Å²) in [4.78, 5) is 0. The first-order valence-corrected chi connectivity index (χ1v) is 7.06. The van der Waals surface area contributed by atoms with E-state index in [1.807, 2.05) is 6.92 Å². The molecule has 1 heterocycles. The summed E-state index contributed by atoms with van der Waals surface area (Å²) in [5.41, 5.74) is 4.82. The molecule has 3 N–H and O–H groups in total. The lowest BCUT2D eigenvalue weighted by Gasteiger charge is -2.36. The number of hydrogen-bond acceptors (Lipinski definition) is 3. The Morgan fingerprint density at radius 3 is 2.62 bits per heavy atom. The van der Waals surface area contributed by atoms with E-state index in [2.05, 4.69) is 5.32 Å². The number of nitrogens with one attached hydrogen (secondary N) is 1. The molecule has 0 aromatic heterocycles. The van der Waals surface area contributed by atoms with Crippen LogP contribution in [0, 0.1) is 5.92 Å². The topological polar surface area (TPSA) is 47.3 Å². The van der Waals surface area contributed by atoms with Crippen LogP contribution in [-0.2, 0) is 10.9 Å². The Bertz CT molecular complexity index is 503. The van der Waals surface area contributed by atoms with Crippen molar-refractivity contribution in [3.8, 4) is 0 Å². The highest BCUT2D eigenvalue weighted by Gasteiger charge is 2.36. The highest BCUT2D eigenvalue weighted by molar-refractivity contribution is 6.30. The van der Waals surface area contributed by atoms with E-state index >= 15 is 0 Å². The Balaban J connectivity index is 2.27. The molecule has 0 spiro atoms. The molecular weight excluding hydrogens is 305 g/mol. The van der Waals surface area contributed by atoms with Crippen LogP contribution in [0.25, 0.3) is 0 Å². The maximum Gasteiger partial charge on any atom is 0.416 e. The predicted octanol–water partition coefficient (Wildman–Crippen LogP) is 3.52. The molecule has 1 aromatic carbocycles. The predicted molar refractivity (Wildman–Crippen MR) is 76.5 cm³/mol. The van der Waals surface area contributed by atoms with Gasteiger partial charge in [-0.05, 0) is 31.5 Å². The Morgan fingerprint density at radius 1 is 1.38 bits per heavy atom. The summed E-state index contributed by atoms with van der Waals surface area (Å²) >= 11 is 5.79. The van der Waals surface area contributed by atoms with Crippen LogP contribution in [0.3, 0.4) is 0 Å². The lowest BCUT2D eigenvalue weighted by atomic mass is 9.84. The van der Waals surface area contributed by atoms with Crippen LogP contribution in [0.2, 0.25) is 5.02 Å². The van der Waals surface area contributed by atoms with Crippen LogP contribution < -0.4 is 11.1 Å². The fraction of sp³-hybridized carbons (Fsp3) is 0.571. The van der Waals surface area contributed by atoms with Crippen molar-refractivity contribution in [1.82, 2.24) is 0 Å². The average Bonchev–Trinajstić information content (AvgIpc) is 2.91. The molecule has 21 heavy (non-hydrogen) atoms. The summed E-state index contributed by atoms with van der Waals surface area (Å²) in [5.74, 6) is 0.149. The minimum absolute atomic E-state index is 0.0365. The average molecular weight is 323 g/mol. The normalized spacial score (nSPS) is 22.1. The summed E-state index contributed by atoms with van der Waals surface area (Å²) < 4.78 is 43.8. The van der Waals surface area contributed by atoms with Crippen LogP contribution in [0.15, 0.2) is 18.2 Å². The third kappa shape index (κ3) is 3.81. The highest BCUT2D eigenvalue weighted by atomic mass is 35.5. The summed E-state index contributed by atoms with van der Waals surface area (Å²) in [6, 6.07) is 3.43. The standard InChI is InChI=1S/C14H18ClF3N2O/c1-13(8-19,9-2-3-21-7-9)20-12-5-10(14(16,17)18)4-11(15)6-12/h4-6,9,20H,2-3,7-8,19H2,1H3. The van der Waals surface area contributed by atoms with Gasteiger partial charge in [0.1, 0.15) is 0 Å². The van der Waals surface area contributed by atoms with Gasteiger partial charge in [-0.25, -0.2) is 0 Å². The molecule has 0 aliphatic carbocycles. The zero-order chi connectivity index (χ0) is 15.7. The molecule has 2 rings (SSSR count). The molecule has 0 saturated carbocycles. The van der Waals surface area contributed by atoms with Crippen molar-refractivity contribution < 1.29 is 17.9 Å². The fourth-order valence-corrected chi connectivity index (χ4v) is 2.75. The van der Waals surface area contributed by atoms with E-state index in [1.165, 1.54) is 6.07 Å². The van der Waals surface area contributed by atoms with Gasteiger partial charge in [-0.2, -0.15) is 13.2 Å². The van der Waals surface area contributed by atoms with Crippen molar-refractivity contribution in [3.05, 3.63) is 28.8 Å². The van der Waals surface area contributed by atoms with Gasteiger partial charge in [0, 0.05) is 29.8 Å². The molecule has 0 amide bonds. The SMILES string of the molecule is CC(CN)(Nc1cc(Cl)cc(C(F)(F)F)c1)C1CCOC1. The van der Waals surface area contributed by atoms with Crippen molar-refractivity contribution in [2.75, 3.05) is 25.1 Å². The van der Waals surface area contributed by atoms with Crippen LogP contribution >= 0.6 is 11.6 Å². The summed E-state index contributed by atoms with van der Waals surface area (Å²) in [7, 11) is 0. The molecule has 0 bridgehead atoms. The third-order valence-electron chi connectivity index (χ3n) is 3.91. The molecule has 0 radical (unpaired) electrons. The van der Waals surface area contributed by atoms with Gasteiger partial charge in [0.2, 0.25) is 0 Å². The molecule has 1 saturated heterocycles. The van der Waals surface area contributed by atoms with E-state index in [-0.39, 0.29) is 17.5 Å². The molecule has 118 valence electrons. The van der Waals surface area contributed by atoms with Crippen LogP contribution in [0.5, 0.6) is 0 Å². The summed E-state index contributed by atoms with van der Waals surface area (Å²) in [6.45, 7) is 3.37. The second-order valence-electron chi connectivity index (χ2n) is 5.53. The smallest absolute Gasteiger partial charge is 0.381 e. The maximum atomic E-state index is 12.8. The molecular formula is C14H18ClF3N2O. The van der Waals surface area contributed by atoms with E-state index in [0.717, 1.165) is 18.6 Å². The Labute approximate surface area is 126 Å². The monoisotopic (exact) mass is 322 g/mol. The number of ether oxygens (including phenoxy) is 1. The van der Waals surface area contributed by atoms with Crippen molar-refractivity contribution in [2.24, 2.45) is 11.7 Å². The summed E-state index contributed by atoms with van der Waals surface area (Å²) in [6.07, 6.45) is -3.61. The Kier molecular flexibility index (Phi) is 4.70. The second kappa shape index (κ2) is 6.02. The van der Waals surface area contributed by atoms with E-state index < -0.39 is 17.3 Å². The van der Waals surface area contributed by atoms with Gasteiger partial charge in [-0.3, -0.25) is 0 Å². The highest BCUT2D eigenvalue weighted by Crippen LogP contribution is 2.35. The van der Waals surface area contributed by atoms with Crippen molar-refractivity contribution >= 4 is 17.3 Å². The van der Waals surface area contributed by atoms with E-state index in [9.17, 15) is 13.2 Å². The molecule has 1 aliphatic rings. The number of anilines is 1. The molecule has 2 atom stereocenters. The van der Waals surface area contributed by atoms with Gasteiger partial charge >= 0.3 is 6.18 Å². The zero-order valence-corrected chi connectivity index (χ0v) is 12.4. The number of halogens is 4. The van der Waals surface area contributed by atoms with Crippen molar-refractivity contribution in [3.63, 3.8) is 0 Å². The molecule has 1 fully saturated rings. The lowest BCUT2D eigenvalue weighted by molar-refractivity contribution is -0.137. The molecule has 1 aliphatic heterocycles. The van der Waals surface area contributed by atoms with Crippen LogP contribution in [0.4, 0.5) is 18.9 Å². The van der Waals surface area contributed by atoms with Gasteiger partial charge in [0.15, 0.2) is 0 Å². The van der Waals surface area contributed by atoms with Crippen LogP contribution in [0.1, 0.15) is 18.9 Å². The Hall–Kier alpha value is -0.980. The first-order valence-electron chi connectivity index (χ1n) is 6.68. The minimum atomic E-state index is -4.43. The van der Waals surface area contributed by atoms with Gasteiger partial charge in [0.25, 0.3) is 0 Å². The second-order valence-corrected chi connectivity index (χ2v) is 5.97. The number of nitrogens with two attached hydrogens (primary N) is 1. The first-order chi connectivity index (χ1) is 9.74. The Morgan fingerprint density at radius 2 is 2.10 bits per heavy atom. The minimum Gasteiger partial charge on any atom is -0.381 e. The van der Waals surface area contributed by atoms with Gasteiger partial charge < -0.3 is 15.8 Å². The number of alkyl halides is 3. The molecule has 2 unspecified atom stereocenters. The molecule has 1 aromatic rings. The third-order valence-corrected chi connectivity index (χ3v) is 4.13. The van der Waals surface area contributed by atoms with Crippen molar-refractivity contribution in [1.29, 1.82) is 0 Å². The first kappa shape index (κ1) is 16.4. The maximum absolute atomic E-state index is 12.8.